The van der Waals surface area contributed by atoms with Crippen LogP contribution in [-0.4, -0.2) is 21.5 Å². The van der Waals surface area contributed by atoms with Gasteiger partial charge in [-0.1, -0.05) is 32.6 Å². The van der Waals surface area contributed by atoms with Crippen molar-refractivity contribution in [1.29, 1.82) is 0 Å². The third kappa shape index (κ3) is 7.65. The Morgan fingerprint density at radius 1 is 1.32 bits per heavy atom. The summed E-state index contributed by atoms with van der Waals surface area (Å²) in [5.74, 6) is 0.170. The number of aryl methyl sites for hydroxylation is 1. The average Bonchev–Trinajstić information content (AvgIpc) is 2.88. The number of unbranched alkanes of at least 4 members (excludes halogenated alkanes) is 3. The molecule has 0 fully saturated rings. The van der Waals surface area contributed by atoms with Crippen molar-refractivity contribution in [2.45, 2.75) is 71.4 Å². The molecule has 0 aromatic carbocycles. The first-order chi connectivity index (χ1) is 9.22. The maximum absolute atomic E-state index is 11.7. The van der Waals surface area contributed by atoms with Gasteiger partial charge in [0.25, 0.3) is 0 Å². The number of aromatic nitrogens is 2. The molecule has 0 aliphatic heterocycles. The average molecular weight is 265 g/mol. The maximum Gasteiger partial charge on any atom is 0.220 e. The van der Waals surface area contributed by atoms with Crippen LogP contribution >= 0.6 is 0 Å². The number of carbonyl (C=O) groups is 1. The lowest BCUT2D eigenvalue weighted by Gasteiger charge is -2.13. The van der Waals surface area contributed by atoms with Gasteiger partial charge >= 0.3 is 0 Å². The van der Waals surface area contributed by atoms with Crippen molar-refractivity contribution >= 4 is 5.91 Å². The van der Waals surface area contributed by atoms with Gasteiger partial charge in [-0.05, 0) is 19.8 Å². The fraction of sp³-hybridized carbons (Fsp3) is 0.733. The molecule has 0 saturated carbocycles. The van der Waals surface area contributed by atoms with Crippen molar-refractivity contribution in [3.63, 3.8) is 0 Å². The maximum atomic E-state index is 11.7. The highest BCUT2D eigenvalue weighted by Crippen LogP contribution is 2.05. The fourth-order valence-electron chi connectivity index (χ4n) is 2.14. The number of nitrogens with one attached hydrogen (secondary N) is 1. The van der Waals surface area contributed by atoms with Crippen LogP contribution in [0.25, 0.3) is 0 Å². The first kappa shape index (κ1) is 15.7. The van der Waals surface area contributed by atoms with Gasteiger partial charge < -0.3 is 9.88 Å². The van der Waals surface area contributed by atoms with E-state index in [0.29, 0.717) is 12.5 Å². The minimum atomic E-state index is 0.170. The van der Waals surface area contributed by atoms with E-state index in [1.165, 1.54) is 25.7 Å². The molecule has 0 radical (unpaired) electrons. The summed E-state index contributed by atoms with van der Waals surface area (Å²) >= 11 is 0. The minimum Gasteiger partial charge on any atom is -0.354 e. The van der Waals surface area contributed by atoms with E-state index < -0.39 is 0 Å². The van der Waals surface area contributed by atoms with E-state index in [4.69, 9.17) is 0 Å². The van der Waals surface area contributed by atoms with E-state index in [1.807, 2.05) is 10.8 Å². The highest BCUT2D eigenvalue weighted by molar-refractivity contribution is 5.76. The van der Waals surface area contributed by atoms with Crippen molar-refractivity contribution < 1.29 is 4.79 Å². The number of hydrogen-bond donors (Lipinski definition) is 1. The number of rotatable bonds is 10. The van der Waals surface area contributed by atoms with E-state index in [1.54, 1.807) is 12.5 Å². The van der Waals surface area contributed by atoms with Gasteiger partial charge in [0.15, 0.2) is 0 Å². The van der Waals surface area contributed by atoms with Gasteiger partial charge in [0.2, 0.25) is 5.91 Å². The summed E-state index contributed by atoms with van der Waals surface area (Å²) in [6.45, 7) is 5.17. The van der Waals surface area contributed by atoms with Crippen LogP contribution in [0, 0.1) is 0 Å². The van der Waals surface area contributed by atoms with Crippen LogP contribution < -0.4 is 5.32 Å². The Kier molecular flexibility index (Phi) is 7.94. The Morgan fingerprint density at radius 3 is 2.84 bits per heavy atom. The van der Waals surface area contributed by atoms with E-state index in [9.17, 15) is 4.79 Å². The van der Waals surface area contributed by atoms with Crippen molar-refractivity contribution in [3.05, 3.63) is 18.7 Å². The number of imidazole rings is 1. The first-order valence-electron chi connectivity index (χ1n) is 7.47. The number of nitrogens with zero attached hydrogens (tertiary/aromatic N) is 2. The molecule has 1 N–H and O–H groups in total. The van der Waals surface area contributed by atoms with E-state index in [-0.39, 0.29) is 5.91 Å². The molecule has 4 heteroatoms. The van der Waals surface area contributed by atoms with Gasteiger partial charge in [0.1, 0.15) is 0 Å². The molecule has 19 heavy (non-hydrogen) atoms. The predicted octanol–water partition coefficient (Wildman–Crippen LogP) is 3.14. The molecule has 1 heterocycles. The van der Waals surface area contributed by atoms with E-state index >= 15 is 0 Å². The van der Waals surface area contributed by atoms with Crippen molar-refractivity contribution in [1.82, 2.24) is 14.9 Å². The summed E-state index contributed by atoms with van der Waals surface area (Å²) in [7, 11) is 0. The summed E-state index contributed by atoms with van der Waals surface area (Å²) in [6.07, 6.45) is 13.1. The first-order valence-corrected chi connectivity index (χ1v) is 7.47. The zero-order valence-corrected chi connectivity index (χ0v) is 12.3. The molecular weight excluding hydrogens is 238 g/mol. The molecule has 0 saturated heterocycles. The monoisotopic (exact) mass is 265 g/mol. The molecule has 1 aromatic rings. The van der Waals surface area contributed by atoms with Crippen LogP contribution in [-0.2, 0) is 11.3 Å². The molecule has 1 atom stereocenters. The van der Waals surface area contributed by atoms with Gasteiger partial charge in [0.05, 0.1) is 6.33 Å². The normalized spacial score (nSPS) is 12.3. The van der Waals surface area contributed by atoms with Gasteiger partial charge in [0, 0.05) is 31.4 Å². The Balaban J connectivity index is 2.03. The van der Waals surface area contributed by atoms with Crippen LogP contribution in [0.4, 0.5) is 0 Å². The highest BCUT2D eigenvalue weighted by Gasteiger charge is 2.06. The quantitative estimate of drug-likeness (QED) is 0.661. The zero-order valence-electron chi connectivity index (χ0n) is 12.3. The lowest BCUT2D eigenvalue weighted by molar-refractivity contribution is -0.121. The Bertz CT molecular complexity index is 335. The minimum absolute atomic E-state index is 0.170. The van der Waals surface area contributed by atoms with Crippen LogP contribution in [0.1, 0.15) is 58.8 Å². The lowest BCUT2D eigenvalue weighted by Crippen LogP contribution is -2.32. The lowest BCUT2D eigenvalue weighted by atomic mass is 10.1. The second-order valence-corrected chi connectivity index (χ2v) is 5.22. The smallest absolute Gasteiger partial charge is 0.220 e. The van der Waals surface area contributed by atoms with E-state index in [0.717, 1.165) is 19.4 Å². The van der Waals surface area contributed by atoms with Crippen LogP contribution in [0.15, 0.2) is 18.7 Å². The number of amides is 1. The third-order valence-corrected chi connectivity index (χ3v) is 3.28. The largest absolute Gasteiger partial charge is 0.354 e. The van der Waals surface area contributed by atoms with Crippen molar-refractivity contribution in [2.75, 3.05) is 0 Å². The SMILES string of the molecule is CCCCCCC(C)NC(=O)CCCn1ccnc1. The summed E-state index contributed by atoms with van der Waals surface area (Å²) in [5.41, 5.74) is 0. The predicted molar refractivity (Wildman–Crippen MR) is 77.8 cm³/mol. The van der Waals surface area contributed by atoms with Crippen molar-refractivity contribution in [2.24, 2.45) is 0 Å². The van der Waals surface area contributed by atoms with E-state index in [2.05, 4.69) is 24.1 Å². The summed E-state index contributed by atoms with van der Waals surface area (Å²) in [4.78, 5) is 15.7. The Morgan fingerprint density at radius 2 is 2.16 bits per heavy atom. The molecular formula is C15H27N3O. The highest BCUT2D eigenvalue weighted by atomic mass is 16.1. The van der Waals surface area contributed by atoms with Gasteiger partial charge in [-0.3, -0.25) is 4.79 Å². The molecule has 0 aliphatic carbocycles. The Labute approximate surface area is 116 Å². The third-order valence-electron chi connectivity index (χ3n) is 3.28. The van der Waals surface area contributed by atoms with Crippen molar-refractivity contribution in [3.8, 4) is 0 Å². The Hall–Kier alpha value is -1.32. The molecule has 1 aromatic heterocycles. The number of carbonyl (C=O) groups excluding carboxylic acids is 1. The molecule has 108 valence electrons. The molecule has 4 nitrogen and oxygen atoms in total. The second-order valence-electron chi connectivity index (χ2n) is 5.22. The van der Waals surface area contributed by atoms with Crippen LogP contribution in [0.2, 0.25) is 0 Å². The summed E-state index contributed by atoms with van der Waals surface area (Å²) in [6, 6.07) is 0.303. The molecule has 0 bridgehead atoms. The van der Waals surface area contributed by atoms with Crippen LogP contribution in [0.3, 0.4) is 0 Å². The molecule has 0 aliphatic rings. The van der Waals surface area contributed by atoms with Gasteiger partial charge in [-0.25, -0.2) is 4.98 Å². The zero-order chi connectivity index (χ0) is 13.9. The standard InChI is InChI=1S/C15H27N3O/c1-3-4-5-6-8-14(2)17-15(19)9-7-11-18-12-10-16-13-18/h10,12-14H,3-9,11H2,1-2H3,(H,17,19). The molecule has 1 unspecified atom stereocenters. The summed E-state index contributed by atoms with van der Waals surface area (Å²) < 4.78 is 2.00. The summed E-state index contributed by atoms with van der Waals surface area (Å²) in [5, 5.41) is 3.07. The molecule has 1 amide bonds. The molecule has 1 rings (SSSR count). The molecule has 0 spiro atoms. The topological polar surface area (TPSA) is 46.9 Å². The van der Waals surface area contributed by atoms with Crippen LogP contribution in [0.5, 0.6) is 0 Å². The fourth-order valence-corrected chi connectivity index (χ4v) is 2.14. The van der Waals surface area contributed by atoms with Gasteiger partial charge in [-0.15, -0.1) is 0 Å². The number of hydrogen-bond acceptors (Lipinski definition) is 2. The van der Waals surface area contributed by atoms with Gasteiger partial charge in [-0.2, -0.15) is 0 Å². The second kappa shape index (κ2) is 9.59.